The number of hydrogen-bond acceptors (Lipinski definition) is 2. The molecule has 0 amide bonds. The second-order valence-electron chi connectivity index (χ2n) is 2.11. The largest absolute Gasteiger partial charge is 0.336 e. The molecule has 1 rings (SSSR count). The van der Waals surface area contributed by atoms with Gasteiger partial charge in [-0.25, -0.2) is 0 Å². The first-order valence-electron chi connectivity index (χ1n) is 3.16. The molecule has 4 heteroatoms. The number of H-pyrrole nitrogens is 2. The Morgan fingerprint density at radius 2 is 2.36 bits per heavy atom. The van der Waals surface area contributed by atoms with Gasteiger partial charge in [0.15, 0.2) is 4.77 Å². The highest BCUT2D eigenvalue weighted by atomic mass is 32.1. The molecular formula is C7H8N2OS. The Kier molecular flexibility index (Phi) is 2.38. The van der Waals surface area contributed by atoms with Gasteiger partial charge in [0.2, 0.25) is 0 Å². The van der Waals surface area contributed by atoms with Gasteiger partial charge in [-0.2, -0.15) is 0 Å². The van der Waals surface area contributed by atoms with Crippen LogP contribution in [0.2, 0.25) is 0 Å². The van der Waals surface area contributed by atoms with Gasteiger partial charge < -0.3 is 4.98 Å². The summed E-state index contributed by atoms with van der Waals surface area (Å²) in [6.45, 7) is 3.55. The molecule has 0 atom stereocenters. The van der Waals surface area contributed by atoms with Crippen molar-refractivity contribution in [1.29, 1.82) is 0 Å². The molecule has 0 aliphatic carbocycles. The van der Waals surface area contributed by atoms with Crippen LogP contribution in [0.15, 0.2) is 23.5 Å². The van der Waals surface area contributed by atoms with E-state index in [0.717, 1.165) is 5.69 Å². The van der Waals surface area contributed by atoms with Gasteiger partial charge in [0.05, 0.1) is 0 Å². The summed E-state index contributed by atoms with van der Waals surface area (Å²) in [6, 6.07) is 1.47. The van der Waals surface area contributed by atoms with Crippen molar-refractivity contribution in [3.05, 3.63) is 39.5 Å². The molecule has 1 aromatic heterocycles. The summed E-state index contributed by atoms with van der Waals surface area (Å²) in [5.41, 5.74) is 0.611. The lowest BCUT2D eigenvalue weighted by Crippen LogP contribution is -2.07. The topological polar surface area (TPSA) is 48.6 Å². The molecule has 11 heavy (non-hydrogen) atoms. The van der Waals surface area contributed by atoms with Crippen molar-refractivity contribution in [3.8, 4) is 0 Å². The fourth-order valence-electron chi connectivity index (χ4n) is 0.785. The maximum absolute atomic E-state index is 10.8. The summed E-state index contributed by atoms with van der Waals surface area (Å²) in [5, 5.41) is 0. The van der Waals surface area contributed by atoms with Gasteiger partial charge in [0.25, 0.3) is 5.56 Å². The quantitative estimate of drug-likeness (QED) is 0.514. The molecule has 2 N–H and O–H groups in total. The molecule has 0 aliphatic rings. The molecule has 0 aliphatic heterocycles. The van der Waals surface area contributed by atoms with Crippen molar-refractivity contribution in [2.45, 2.75) is 6.42 Å². The summed E-state index contributed by atoms with van der Waals surface area (Å²) < 4.78 is 0.356. The van der Waals surface area contributed by atoms with Crippen molar-refractivity contribution in [2.24, 2.45) is 0 Å². The zero-order valence-electron chi connectivity index (χ0n) is 5.89. The van der Waals surface area contributed by atoms with Crippen molar-refractivity contribution >= 4 is 12.2 Å². The zero-order chi connectivity index (χ0) is 8.27. The minimum Gasteiger partial charge on any atom is -0.336 e. The summed E-state index contributed by atoms with van der Waals surface area (Å²) in [7, 11) is 0. The number of allylic oxidation sites excluding steroid dienone is 1. The van der Waals surface area contributed by atoms with E-state index in [1.165, 1.54) is 6.07 Å². The van der Waals surface area contributed by atoms with E-state index in [4.69, 9.17) is 12.2 Å². The average molecular weight is 168 g/mol. The standard InChI is InChI=1S/C7H8N2OS/c1-2-3-5-4-6(10)9-7(11)8-5/h2,4H,1,3H2,(H2,8,9,10,11). The fourth-order valence-corrected chi connectivity index (χ4v) is 1.02. The van der Waals surface area contributed by atoms with Crippen LogP contribution < -0.4 is 5.56 Å². The van der Waals surface area contributed by atoms with Gasteiger partial charge in [-0.3, -0.25) is 9.78 Å². The smallest absolute Gasteiger partial charge is 0.251 e. The molecule has 0 aromatic carbocycles. The first-order valence-corrected chi connectivity index (χ1v) is 3.56. The second kappa shape index (κ2) is 3.30. The van der Waals surface area contributed by atoms with Crippen LogP contribution in [0.25, 0.3) is 0 Å². The van der Waals surface area contributed by atoms with Crippen LogP contribution in [-0.4, -0.2) is 9.97 Å². The first kappa shape index (κ1) is 7.94. The molecule has 1 aromatic rings. The van der Waals surface area contributed by atoms with Gasteiger partial charge in [-0.05, 0) is 12.2 Å². The normalized spacial score (nSPS) is 9.45. The number of rotatable bonds is 2. The van der Waals surface area contributed by atoms with Crippen molar-refractivity contribution in [1.82, 2.24) is 9.97 Å². The van der Waals surface area contributed by atoms with Crippen molar-refractivity contribution in [2.75, 3.05) is 0 Å². The SMILES string of the molecule is C=CCc1cc(=O)[nH]c(=S)[nH]1. The Morgan fingerprint density at radius 1 is 1.64 bits per heavy atom. The fraction of sp³-hybridized carbons (Fsp3) is 0.143. The van der Waals surface area contributed by atoms with Crippen LogP contribution in [-0.2, 0) is 6.42 Å². The van der Waals surface area contributed by atoms with Gasteiger partial charge in [-0.15, -0.1) is 6.58 Å². The highest BCUT2D eigenvalue weighted by Crippen LogP contribution is 1.89. The van der Waals surface area contributed by atoms with Crippen molar-refractivity contribution in [3.63, 3.8) is 0 Å². The molecule has 1 heterocycles. The van der Waals surface area contributed by atoms with E-state index in [9.17, 15) is 4.79 Å². The highest BCUT2D eigenvalue weighted by molar-refractivity contribution is 7.71. The Labute approximate surface area is 68.8 Å². The molecule has 0 saturated heterocycles. The van der Waals surface area contributed by atoms with Crippen LogP contribution in [0.5, 0.6) is 0 Å². The van der Waals surface area contributed by atoms with E-state index >= 15 is 0 Å². The number of hydrogen-bond donors (Lipinski definition) is 2. The molecule has 0 bridgehead atoms. The third kappa shape index (κ3) is 2.16. The van der Waals surface area contributed by atoms with E-state index in [1.54, 1.807) is 6.08 Å². The number of aromatic nitrogens is 2. The van der Waals surface area contributed by atoms with E-state index in [-0.39, 0.29) is 5.56 Å². The first-order chi connectivity index (χ1) is 5.22. The lowest BCUT2D eigenvalue weighted by Gasteiger charge is -1.93. The molecule has 0 spiro atoms. The van der Waals surface area contributed by atoms with E-state index < -0.39 is 0 Å². The molecule has 0 fully saturated rings. The Morgan fingerprint density at radius 3 is 2.91 bits per heavy atom. The lowest BCUT2D eigenvalue weighted by molar-refractivity contribution is 1.00. The van der Waals surface area contributed by atoms with Crippen LogP contribution in [0, 0.1) is 4.77 Å². The summed E-state index contributed by atoms with van der Waals surface area (Å²) in [5.74, 6) is 0. The molecule has 58 valence electrons. The second-order valence-corrected chi connectivity index (χ2v) is 2.51. The Hall–Kier alpha value is -1.16. The molecule has 0 radical (unpaired) electrons. The summed E-state index contributed by atoms with van der Waals surface area (Å²) in [4.78, 5) is 16.1. The van der Waals surface area contributed by atoms with Crippen LogP contribution in [0.3, 0.4) is 0 Å². The summed E-state index contributed by atoms with van der Waals surface area (Å²) >= 11 is 4.76. The third-order valence-electron chi connectivity index (χ3n) is 1.18. The van der Waals surface area contributed by atoms with Gasteiger partial charge in [-0.1, -0.05) is 6.08 Å². The minimum absolute atomic E-state index is 0.175. The van der Waals surface area contributed by atoms with E-state index in [1.807, 2.05) is 0 Å². The predicted molar refractivity (Wildman–Crippen MR) is 46.1 cm³/mol. The Balaban J connectivity index is 3.18. The van der Waals surface area contributed by atoms with Crippen LogP contribution >= 0.6 is 12.2 Å². The Bertz CT molecular complexity index is 335. The number of nitrogens with one attached hydrogen (secondary N) is 2. The predicted octanol–water partition coefficient (Wildman–Crippen LogP) is 1.16. The van der Waals surface area contributed by atoms with E-state index in [0.29, 0.717) is 11.2 Å². The maximum Gasteiger partial charge on any atom is 0.251 e. The maximum atomic E-state index is 10.8. The van der Waals surface area contributed by atoms with Gasteiger partial charge in [0, 0.05) is 18.2 Å². The van der Waals surface area contributed by atoms with Gasteiger partial charge >= 0.3 is 0 Å². The third-order valence-corrected chi connectivity index (χ3v) is 1.38. The number of aromatic amines is 2. The lowest BCUT2D eigenvalue weighted by atomic mass is 10.3. The van der Waals surface area contributed by atoms with Crippen molar-refractivity contribution < 1.29 is 0 Å². The van der Waals surface area contributed by atoms with Gasteiger partial charge in [0.1, 0.15) is 0 Å². The van der Waals surface area contributed by atoms with Crippen LogP contribution in [0.1, 0.15) is 5.69 Å². The molecule has 3 nitrogen and oxygen atoms in total. The monoisotopic (exact) mass is 168 g/mol. The van der Waals surface area contributed by atoms with Crippen LogP contribution in [0.4, 0.5) is 0 Å². The zero-order valence-corrected chi connectivity index (χ0v) is 6.70. The summed E-state index contributed by atoms with van der Waals surface area (Å²) in [6.07, 6.45) is 2.34. The highest BCUT2D eigenvalue weighted by Gasteiger charge is 1.90. The van der Waals surface area contributed by atoms with E-state index in [2.05, 4.69) is 16.5 Å². The minimum atomic E-state index is -0.175. The molecular weight excluding hydrogens is 160 g/mol. The average Bonchev–Trinajstić information content (AvgIpc) is 1.85. The molecule has 0 unspecified atom stereocenters. The molecule has 0 saturated carbocycles.